The highest BCUT2D eigenvalue weighted by Crippen LogP contribution is 2.37. The number of rotatable bonds is 8. The van der Waals surface area contributed by atoms with E-state index in [-0.39, 0.29) is 0 Å². The van der Waals surface area contributed by atoms with Crippen LogP contribution in [0.2, 0.25) is 0 Å². The lowest BCUT2D eigenvalue weighted by Crippen LogP contribution is -2.42. The topological polar surface area (TPSA) is 15.3 Å². The highest BCUT2D eigenvalue weighted by molar-refractivity contribution is 4.91. The summed E-state index contributed by atoms with van der Waals surface area (Å²) < 4.78 is 0. The van der Waals surface area contributed by atoms with Crippen molar-refractivity contribution >= 4 is 0 Å². The predicted octanol–water partition coefficient (Wildman–Crippen LogP) is 3.52. The van der Waals surface area contributed by atoms with Crippen molar-refractivity contribution in [3.63, 3.8) is 0 Å². The van der Waals surface area contributed by atoms with Gasteiger partial charge in [0.1, 0.15) is 0 Å². The van der Waals surface area contributed by atoms with Gasteiger partial charge in [-0.25, -0.2) is 0 Å². The van der Waals surface area contributed by atoms with Gasteiger partial charge in [0, 0.05) is 19.1 Å². The largest absolute Gasteiger partial charge is 0.315 e. The Labute approximate surface area is 115 Å². The van der Waals surface area contributed by atoms with Crippen LogP contribution < -0.4 is 5.32 Å². The van der Waals surface area contributed by atoms with E-state index in [1.165, 1.54) is 38.8 Å². The smallest absolute Gasteiger partial charge is 0.0218 e. The molecule has 0 aliphatic carbocycles. The quantitative estimate of drug-likeness (QED) is 0.713. The van der Waals surface area contributed by atoms with Crippen molar-refractivity contribution in [2.24, 2.45) is 11.3 Å². The lowest BCUT2D eigenvalue weighted by Gasteiger charge is -2.31. The molecule has 0 radical (unpaired) electrons. The first-order valence-electron chi connectivity index (χ1n) is 8.01. The van der Waals surface area contributed by atoms with Gasteiger partial charge in [-0.05, 0) is 50.1 Å². The first kappa shape index (κ1) is 16.0. The van der Waals surface area contributed by atoms with E-state index in [0.29, 0.717) is 5.41 Å². The normalized spacial score (nSPS) is 21.7. The van der Waals surface area contributed by atoms with Crippen LogP contribution in [0.5, 0.6) is 0 Å². The predicted molar refractivity (Wildman–Crippen MR) is 81.0 cm³/mol. The van der Waals surface area contributed by atoms with E-state index in [9.17, 15) is 0 Å². The van der Waals surface area contributed by atoms with Crippen LogP contribution in [0.1, 0.15) is 60.3 Å². The molecular weight excluding hydrogens is 220 g/mol. The summed E-state index contributed by atoms with van der Waals surface area (Å²) in [6.07, 6.45) is 5.36. The van der Waals surface area contributed by atoms with E-state index >= 15 is 0 Å². The van der Waals surface area contributed by atoms with Crippen molar-refractivity contribution in [1.29, 1.82) is 0 Å². The molecule has 18 heavy (non-hydrogen) atoms. The third-order valence-corrected chi connectivity index (χ3v) is 4.89. The van der Waals surface area contributed by atoms with Crippen LogP contribution in [0.4, 0.5) is 0 Å². The van der Waals surface area contributed by atoms with E-state index in [1.54, 1.807) is 0 Å². The van der Waals surface area contributed by atoms with Gasteiger partial charge < -0.3 is 5.32 Å². The van der Waals surface area contributed by atoms with E-state index in [0.717, 1.165) is 25.0 Å². The van der Waals surface area contributed by atoms with Gasteiger partial charge in [-0.2, -0.15) is 0 Å². The van der Waals surface area contributed by atoms with Crippen molar-refractivity contribution in [3.8, 4) is 0 Å². The van der Waals surface area contributed by atoms with E-state index in [2.05, 4.69) is 44.8 Å². The minimum Gasteiger partial charge on any atom is -0.315 e. The van der Waals surface area contributed by atoms with Gasteiger partial charge in [-0.15, -0.1) is 0 Å². The maximum atomic E-state index is 3.63. The van der Waals surface area contributed by atoms with Gasteiger partial charge in [-0.1, -0.05) is 34.6 Å². The van der Waals surface area contributed by atoms with E-state index < -0.39 is 0 Å². The van der Waals surface area contributed by atoms with Crippen LogP contribution in [0.15, 0.2) is 0 Å². The van der Waals surface area contributed by atoms with Gasteiger partial charge in [-0.3, -0.25) is 4.90 Å². The van der Waals surface area contributed by atoms with Crippen molar-refractivity contribution in [3.05, 3.63) is 0 Å². The monoisotopic (exact) mass is 254 g/mol. The zero-order chi connectivity index (χ0) is 13.6. The second-order valence-corrected chi connectivity index (χ2v) is 6.54. The SMILES string of the molecule is CCC(CNCC(C)C)N1CCC(CC)(CC)C1. The second kappa shape index (κ2) is 7.49. The first-order valence-corrected chi connectivity index (χ1v) is 8.01. The van der Waals surface area contributed by atoms with E-state index in [4.69, 9.17) is 0 Å². The van der Waals surface area contributed by atoms with Gasteiger partial charge in [0.25, 0.3) is 0 Å². The minimum absolute atomic E-state index is 0.617. The summed E-state index contributed by atoms with van der Waals surface area (Å²) in [7, 11) is 0. The molecule has 0 amide bonds. The van der Waals surface area contributed by atoms with Crippen LogP contribution in [0.25, 0.3) is 0 Å². The Morgan fingerprint density at radius 1 is 1.11 bits per heavy atom. The summed E-state index contributed by atoms with van der Waals surface area (Å²) in [5, 5.41) is 3.63. The minimum atomic E-state index is 0.617. The fourth-order valence-electron chi connectivity index (χ4n) is 3.18. The first-order chi connectivity index (χ1) is 8.56. The van der Waals surface area contributed by atoms with Crippen molar-refractivity contribution in [2.75, 3.05) is 26.2 Å². The molecule has 1 aliphatic rings. The molecule has 1 rings (SSSR count). The molecule has 1 saturated heterocycles. The fraction of sp³-hybridized carbons (Fsp3) is 1.00. The maximum Gasteiger partial charge on any atom is 0.0218 e. The molecule has 0 saturated carbocycles. The Bertz CT molecular complexity index is 221. The summed E-state index contributed by atoms with van der Waals surface area (Å²) in [6, 6.07) is 0.740. The summed E-state index contributed by atoms with van der Waals surface area (Å²) in [4.78, 5) is 2.74. The Hall–Kier alpha value is -0.0800. The Morgan fingerprint density at radius 2 is 1.78 bits per heavy atom. The Kier molecular flexibility index (Phi) is 6.65. The molecule has 0 aromatic heterocycles. The molecule has 1 heterocycles. The van der Waals surface area contributed by atoms with Crippen LogP contribution in [0, 0.1) is 11.3 Å². The molecule has 1 unspecified atom stereocenters. The zero-order valence-electron chi connectivity index (χ0n) is 13.3. The van der Waals surface area contributed by atoms with E-state index in [1.807, 2.05) is 0 Å². The Balaban J connectivity index is 2.42. The highest BCUT2D eigenvalue weighted by Gasteiger charge is 2.36. The van der Waals surface area contributed by atoms with Crippen molar-refractivity contribution < 1.29 is 0 Å². The molecule has 0 spiro atoms. The third kappa shape index (κ3) is 4.24. The summed E-state index contributed by atoms with van der Waals surface area (Å²) in [5.41, 5.74) is 0.617. The number of nitrogens with one attached hydrogen (secondary N) is 1. The lowest BCUT2D eigenvalue weighted by atomic mass is 9.82. The molecule has 2 heteroatoms. The molecule has 108 valence electrons. The fourth-order valence-corrected chi connectivity index (χ4v) is 3.18. The third-order valence-electron chi connectivity index (χ3n) is 4.89. The molecule has 2 nitrogen and oxygen atoms in total. The molecule has 0 bridgehead atoms. The standard InChI is InChI=1S/C16H34N2/c1-6-15(12-17-11-14(4)5)18-10-9-16(7-2,8-3)13-18/h14-15,17H,6-13H2,1-5H3. The van der Waals surface area contributed by atoms with Crippen LogP contribution in [-0.2, 0) is 0 Å². The molecule has 0 aromatic rings. The average molecular weight is 254 g/mol. The van der Waals surface area contributed by atoms with Crippen molar-refractivity contribution in [2.45, 2.75) is 66.3 Å². The highest BCUT2D eigenvalue weighted by atomic mass is 15.2. The maximum absolute atomic E-state index is 3.63. The molecule has 1 fully saturated rings. The zero-order valence-corrected chi connectivity index (χ0v) is 13.3. The van der Waals surface area contributed by atoms with Gasteiger partial charge in [0.05, 0.1) is 0 Å². The number of nitrogens with zero attached hydrogens (tertiary/aromatic N) is 1. The molecular formula is C16H34N2. The molecule has 1 atom stereocenters. The second-order valence-electron chi connectivity index (χ2n) is 6.54. The van der Waals surface area contributed by atoms with Crippen molar-refractivity contribution in [1.82, 2.24) is 10.2 Å². The Morgan fingerprint density at radius 3 is 2.22 bits per heavy atom. The van der Waals surface area contributed by atoms with Crippen LogP contribution in [0.3, 0.4) is 0 Å². The molecule has 1 N–H and O–H groups in total. The summed E-state index contributed by atoms with van der Waals surface area (Å²) >= 11 is 0. The summed E-state index contributed by atoms with van der Waals surface area (Å²) in [5.74, 6) is 0.756. The van der Waals surface area contributed by atoms with Gasteiger partial charge in [0.2, 0.25) is 0 Å². The average Bonchev–Trinajstić information content (AvgIpc) is 2.79. The molecule has 0 aromatic carbocycles. The molecule has 1 aliphatic heterocycles. The van der Waals surface area contributed by atoms with Gasteiger partial charge >= 0.3 is 0 Å². The summed E-state index contributed by atoms with van der Waals surface area (Å²) in [6.45, 7) is 16.6. The number of hydrogen-bond acceptors (Lipinski definition) is 2. The number of likely N-dealkylation sites (tertiary alicyclic amines) is 1. The lowest BCUT2D eigenvalue weighted by molar-refractivity contribution is 0.185. The number of hydrogen-bond donors (Lipinski definition) is 1. The van der Waals surface area contributed by atoms with Crippen LogP contribution in [-0.4, -0.2) is 37.1 Å². The van der Waals surface area contributed by atoms with Gasteiger partial charge in [0.15, 0.2) is 0 Å². The van der Waals surface area contributed by atoms with Crippen LogP contribution >= 0.6 is 0 Å².